The van der Waals surface area contributed by atoms with Crippen LogP contribution in [0.2, 0.25) is 0 Å². The molecular formula is C15H23ClN2O. The van der Waals surface area contributed by atoms with Crippen LogP contribution in [-0.2, 0) is 4.79 Å². The lowest BCUT2D eigenvalue weighted by Gasteiger charge is -2.25. The zero-order chi connectivity index (χ0) is 13.3. The molecule has 3 N–H and O–H groups in total. The lowest BCUT2D eigenvalue weighted by atomic mass is 9.87. The molecule has 1 saturated carbocycles. The van der Waals surface area contributed by atoms with Gasteiger partial charge in [0.2, 0.25) is 5.91 Å². The van der Waals surface area contributed by atoms with Gasteiger partial charge >= 0.3 is 0 Å². The highest BCUT2D eigenvalue weighted by atomic mass is 35.5. The van der Waals surface area contributed by atoms with Crippen molar-refractivity contribution >= 4 is 18.3 Å². The molecule has 1 fully saturated rings. The number of hydrogen-bond donors (Lipinski definition) is 2. The molecule has 3 atom stereocenters. The normalized spacial score (nSPS) is 23.2. The zero-order valence-corrected chi connectivity index (χ0v) is 12.5. The van der Waals surface area contributed by atoms with E-state index in [2.05, 4.69) is 17.4 Å². The van der Waals surface area contributed by atoms with E-state index in [0.29, 0.717) is 5.92 Å². The molecule has 0 aromatic heterocycles. The summed E-state index contributed by atoms with van der Waals surface area (Å²) < 4.78 is 0. The average Bonchev–Trinajstić information content (AvgIpc) is 3.07. The first-order valence-corrected chi connectivity index (χ1v) is 6.50. The Kier molecular flexibility index (Phi) is 4.99. The Hall–Kier alpha value is -1.06. The van der Waals surface area contributed by atoms with Gasteiger partial charge in [-0.05, 0) is 17.4 Å². The third-order valence-electron chi connectivity index (χ3n) is 3.56. The van der Waals surface area contributed by atoms with Gasteiger partial charge in [-0.3, -0.25) is 4.79 Å². The quantitative estimate of drug-likeness (QED) is 0.895. The second kappa shape index (κ2) is 5.93. The first-order chi connectivity index (χ1) is 8.39. The van der Waals surface area contributed by atoms with Gasteiger partial charge in [-0.2, -0.15) is 0 Å². The Labute approximate surface area is 121 Å². The molecule has 0 radical (unpaired) electrons. The van der Waals surface area contributed by atoms with Crippen LogP contribution in [-0.4, -0.2) is 18.0 Å². The number of amides is 1. The van der Waals surface area contributed by atoms with E-state index in [1.807, 2.05) is 39.0 Å². The molecule has 1 amide bonds. The predicted octanol–water partition coefficient (Wildman–Crippen LogP) is 2.45. The van der Waals surface area contributed by atoms with E-state index in [1.54, 1.807) is 0 Å². The highest BCUT2D eigenvalue weighted by molar-refractivity contribution is 5.85. The summed E-state index contributed by atoms with van der Waals surface area (Å²) in [4.78, 5) is 12.0. The summed E-state index contributed by atoms with van der Waals surface area (Å²) in [5, 5.41) is 3.04. The maximum atomic E-state index is 12.0. The van der Waals surface area contributed by atoms with Crippen molar-refractivity contribution < 1.29 is 4.79 Å². The molecule has 1 aromatic carbocycles. The fourth-order valence-electron chi connectivity index (χ4n) is 2.09. The molecule has 0 heterocycles. The minimum Gasteiger partial charge on any atom is -0.351 e. The maximum Gasteiger partial charge on any atom is 0.237 e. The molecule has 1 aliphatic carbocycles. The maximum absolute atomic E-state index is 12.0. The molecule has 0 aliphatic heterocycles. The lowest BCUT2D eigenvalue weighted by Crippen LogP contribution is -2.49. The standard InChI is InChI=1S/C15H22N2O.ClH/c1-15(2,3)13(16)14(18)17-12-9-11(12)10-7-5-4-6-8-10;/h4-8,11-13H,9,16H2,1-3H3,(H,17,18);1H/t11?,12?,13-;/m1./s1. The van der Waals surface area contributed by atoms with Crippen molar-refractivity contribution in [1.82, 2.24) is 5.32 Å². The summed E-state index contributed by atoms with van der Waals surface area (Å²) >= 11 is 0. The van der Waals surface area contributed by atoms with Gasteiger partial charge in [-0.25, -0.2) is 0 Å². The number of hydrogen-bond acceptors (Lipinski definition) is 2. The molecule has 19 heavy (non-hydrogen) atoms. The highest BCUT2D eigenvalue weighted by Gasteiger charge is 2.41. The van der Waals surface area contributed by atoms with Crippen molar-refractivity contribution in [1.29, 1.82) is 0 Å². The number of nitrogens with one attached hydrogen (secondary N) is 1. The van der Waals surface area contributed by atoms with Crippen LogP contribution in [0.5, 0.6) is 0 Å². The van der Waals surface area contributed by atoms with Gasteiger partial charge in [-0.1, -0.05) is 51.1 Å². The summed E-state index contributed by atoms with van der Waals surface area (Å²) in [5.41, 5.74) is 7.05. The Morgan fingerprint density at radius 1 is 1.32 bits per heavy atom. The number of nitrogens with two attached hydrogens (primary N) is 1. The van der Waals surface area contributed by atoms with E-state index < -0.39 is 6.04 Å². The van der Waals surface area contributed by atoms with Crippen LogP contribution in [0.3, 0.4) is 0 Å². The van der Waals surface area contributed by atoms with Crippen LogP contribution in [0.15, 0.2) is 30.3 Å². The van der Waals surface area contributed by atoms with Gasteiger partial charge in [0.15, 0.2) is 0 Å². The predicted molar refractivity (Wildman–Crippen MR) is 80.4 cm³/mol. The first-order valence-electron chi connectivity index (χ1n) is 6.50. The summed E-state index contributed by atoms with van der Waals surface area (Å²) in [6.07, 6.45) is 1.02. The van der Waals surface area contributed by atoms with Crippen molar-refractivity contribution in [3.8, 4) is 0 Å². The molecule has 4 heteroatoms. The zero-order valence-electron chi connectivity index (χ0n) is 11.7. The van der Waals surface area contributed by atoms with Gasteiger partial charge in [0.1, 0.15) is 0 Å². The van der Waals surface area contributed by atoms with Crippen molar-refractivity contribution in [2.75, 3.05) is 0 Å². The molecule has 3 nitrogen and oxygen atoms in total. The van der Waals surface area contributed by atoms with Crippen LogP contribution in [0.25, 0.3) is 0 Å². The second-order valence-electron chi connectivity index (χ2n) is 6.21. The summed E-state index contributed by atoms with van der Waals surface area (Å²) in [7, 11) is 0. The van der Waals surface area contributed by atoms with Crippen LogP contribution in [0, 0.1) is 5.41 Å². The first kappa shape index (κ1) is 16.0. The van der Waals surface area contributed by atoms with E-state index in [9.17, 15) is 4.79 Å². The van der Waals surface area contributed by atoms with Crippen molar-refractivity contribution in [3.63, 3.8) is 0 Å². The fraction of sp³-hybridized carbons (Fsp3) is 0.533. The van der Waals surface area contributed by atoms with Crippen molar-refractivity contribution in [2.45, 2.75) is 45.2 Å². The van der Waals surface area contributed by atoms with Gasteiger partial charge in [0.25, 0.3) is 0 Å². The van der Waals surface area contributed by atoms with Crippen LogP contribution < -0.4 is 11.1 Å². The monoisotopic (exact) mass is 282 g/mol. The topological polar surface area (TPSA) is 55.1 Å². The third-order valence-corrected chi connectivity index (χ3v) is 3.56. The van der Waals surface area contributed by atoms with E-state index >= 15 is 0 Å². The summed E-state index contributed by atoms with van der Waals surface area (Å²) in [6, 6.07) is 10.1. The van der Waals surface area contributed by atoms with Crippen molar-refractivity contribution in [2.24, 2.45) is 11.1 Å². The SMILES string of the molecule is CC(C)(C)[C@H](N)C(=O)NC1CC1c1ccccc1.Cl. The number of rotatable bonds is 3. The smallest absolute Gasteiger partial charge is 0.237 e. The molecule has 2 unspecified atom stereocenters. The fourth-order valence-corrected chi connectivity index (χ4v) is 2.09. The Morgan fingerprint density at radius 3 is 2.42 bits per heavy atom. The largest absolute Gasteiger partial charge is 0.351 e. The molecule has 0 bridgehead atoms. The van der Waals surface area contributed by atoms with E-state index in [0.717, 1.165) is 6.42 Å². The number of benzene rings is 1. The van der Waals surface area contributed by atoms with Gasteiger partial charge in [0.05, 0.1) is 6.04 Å². The molecule has 1 aliphatic rings. The second-order valence-corrected chi connectivity index (χ2v) is 6.21. The van der Waals surface area contributed by atoms with Crippen LogP contribution in [0.1, 0.15) is 38.7 Å². The molecule has 106 valence electrons. The highest BCUT2D eigenvalue weighted by Crippen LogP contribution is 2.40. The average molecular weight is 283 g/mol. The summed E-state index contributed by atoms with van der Waals surface area (Å²) in [5.74, 6) is 0.424. The number of carbonyl (C=O) groups excluding carboxylic acids is 1. The molecule has 0 spiro atoms. The lowest BCUT2D eigenvalue weighted by molar-refractivity contribution is -0.124. The van der Waals surface area contributed by atoms with Gasteiger partial charge in [-0.15, -0.1) is 12.4 Å². The molecular weight excluding hydrogens is 260 g/mol. The van der Waals surface area contributed by atoms with Crippen LogP contribution in [0.4, 0.5) is 0 Å². The molecule has 0 saturated heterocycles. The van der Waals surface area contributed by atoms with E-state index in [-0.39, 0.29) is 29.8 Å². The Morgan fingerprint density at radius 2 is 1.89 bits per heavy atom. The van der Waals surface area contributed by atoms with E-state index in [4.69, 9.17) is 5.73 Å². The number of halogens is 1. The molecule has 2 rings (SSSR count). The van der Waals surface area contributed by atoms with E-state index in [1.165, 1.54) is 5.56 Å². The van der Waals surface area contributed by atoms with Crippen molar-refractivity contribution in [3.05, 3.63) is 35.9 Å². The Bertz CT molecular complexity index is 428. The van der Waals surface area contributed by atoms with Gasteiger partial charge < -0.3 is 11.1 Å². The minimum atomic E-state index is -0.450. The Balaban J connectivity index is 0.00000180. The minimum absolute atomic E-state index is 0. The van der Waals surface area contributed by atoms with Crippen LogP contribution >= 0.6 is 12.4 Å². The third kappa shape index (κ3) is 3.95. The molecule has 1 aromatic rings. The number of carbonyl (C=O) groups is 1. The van der Waals surface area contributed by atoms with Gasteiger partial charge in [0, 0.05) is 12.0 Å². The summed E-state index contributed by atoms with van der Waals surface area (Å²) in [6.45, 7) is 5.95.